The zero-order valence-electron chi connectivity index (χ0n) is 40.2. The third kappa shape index (κ3) is 10.6. The third-order valence-electron chi connectivity index (χ3n) is 13.1. The van der Waals surface area contributed by atoms with E-state index >= 15 is 0 Å². The highest BCUT2D eigenvalue weighted by Gasteiger charge is 2.42. The van der Waals surface area contributed by atoms with Crippen molar-refractivity contribution in [3.8, 4) is 33.5 Å². The molecule has 1 unspecified atom stereocenters. The first-order valence-corrected chi connectivity index (χ1v) is 23.3. The van der Waals surface area contributed by atoms with Gasteiger partial charge in [-0.1, -0.05) is 110 Å². The summed E-state index contributed by atoms with van der Waals surface area (Å²) in [4.78, 5) is 85.8. The molecule has 2 aliphatic heterocycles. The lowest BCUT2D eigenvalue weighted by atomic mass is 9.99. The number of likely N-dealkylation sites (tertiary alicyclic amines) is 2. The summed E-state index contributed by atoms with van der Waals surface area (Å²) in [5.74, 6) is 0.576. The Morgan fingerprint density at radius 3 is 1.55 bits per heavy atom. The molecular formula is C51H65N9O7. The van der Waals surface area contributed by atoms with Gasteiger partial charge >= 0.3 is 12.2 Å². The first-order chi connectivity index (χ1) is 32.0. The fraction of sp³-hybridized carbons (Fsp3) is 0.471. The molecule has 5 aromatic rings. The van der Waals surface area contributed by atoms with Crippen LogP contribution in [0.5, 0.6) is 0 Å². The standard InChI is InChI=1S/C51H65N9O7/c1-27(2)42(57-50(64)66-9)47(61)56-43(28(3)4)48(62)59-25-30(7)21-40(59)45-52-24-39(55-45)35-17-15-33(16-18-35)32-11-13-34(14-12-32)36-19-20-37-38(23-36)54-46(53-37)41-22-31(8)26-60(41)49(63)44(29(5)6)58-51(65)67-10/h11-20,23-24,27-31,40-44H,21-22,25-26H2,1-10H3,(H,52,55)(H,53,54)(H,56,61)(H,57,64)(H,58,65)/t30-,31-,40?,41-,42-,43-,44-/m0/s1. The Bertz CT molecular complexity index is 2570. The number of rotatable bonds is 14. The molecule has 2 aliphatic rings. The van der Waals surface area contributed by atoms with Crippen molar-refractivity contribution in [2.24, 2.45) is 29.6 Å². The van der Waals surface area contributed by atoms with Gasteiger partial charge in [0.2, 0.25) is 17.7 Å². The van der Waals surface area contributed by atoms with Crippen LogP contribution in [0.1, 0.15) is 92.0 Å². The number of benzene rings is 3. The molecule has 16 heteroatoms. The van der Waals surface area contributed by atoms with E-state index in [1.165, 1.54) is 14.2 Å². The number of aromatic amines is 2. The van der Waals surface area contributed by atoms with Crippen molar-refractivity contribution in [3.63, 3.8) is 0 Å². The Hall–Kier alpha value is -6.71. The van der Waals surface area contributed by atoms with Crippen molar-refractivity contribution >= 4 is 40.9 Å². The Kier molecular flexibility index (Phi) is 14.7. The summed E-state index contributed by atoms with van der Waals surface area (Å²) >= 11 is 0. The molecule has 356 valence electrons. The number of H-pyrrole nitrogens is 2. The molecule has 5 N–H and O–H groups in total. The Morgan fingerprint density at radius 2 is 1.04 bits per heavy atom. The Morgan fingerprint density at radius 1 is 0.597 bits per heavy atom. The smallest absolute Gasteiger partial charge is 0.407 e. The summed E-state index contributed by atoms with van der Waals surface area (Å²) in [7, 11) is 2.54. The predicted octanol–water partition coefficient (Wildman–Crippen LogP) is 8.01. The minimum atomic E-state index is -0.864. The summed E-state index contributed by atoms with van der Waals surface area (Å²) in [6, 6.07) is 19.9. The molecule has 7 rings (SSSR count). The molecule has 4 heterocycles. The number of alkyl carbamates (subject to hydrolysis) is 2. The van der Waals surface area contributed by atoms with Gasteiger partial charge in [-0.05, 0) is 82.4 Å². The zero-order chi connectivity index (χ0) is 48.3. The summed E-state index contributed by atoms with van der Waals surface area (Å²) < 4.78 is 9.53. The van der Waals surface area contributed by atoms with Gasteiger partial charge < -0.3 is 45.2 Å². The van der Waals surface area contributed by atoms with Crippen LogP contribution in [-0.2, 0) is 23.9 Å². The van der Waals surface area contributed by atoms with Crippen LogP contribution in [0.2, 0.25) is 0 Å². The predicted molar refractivity (Wildman–Crippen MR) is 256 cm³/mol. The maximum atomic E-state index is 14.2. The Balaban J connectivity index is 1.02. The van der Waals surface area contributed by atoms with Gasteiger partial charge in [-0.3, -0.25) is 14.4 Å². The average molecular weight is 916 g/mol. The molecule has 0 radical (unpaired) electrons. The number of carbonyl (C=O) groups is 5. The summed E-state index contributed by atoms with van der Waals surface area (Å²) in [6.07, 6.45) is 1.94. The minimum Gasteiger partial charge on any atom is -0.453 e. The van der Waals surface area contributed by atoms with Crippen molar-refractivity contribution in [3.05, 3.63) is 84.6 Å². The monoisotopic (exact) mass is 916 g/mol. The van der Waals surface area contributed by atoms with Gasteiger partial charge in [0.05, 0.1) is 49.2 Å². The van der Waals surface area contributed by atoms with Gasteiger partial charge in [0.15, 0.2) is 0 Å². The van der Waals surface area contributed by atoms with Crippen LogP contribution in [0.15, 0.2) is 72.9 Å². The fourth-order valence-corrected chi connectivity index (χ4v) is 9.35. The highest BCUT2D eigenvalue weighted by molar-refractivity contribution is 5.92. The highest BCUT2D eigenvalue weighted by Crippen LogP contribution is 2.38. The SMILES string of the molecule is COC(=O)N[C@H](C(=O)N[C@H](C(=O)N1C[C@@H](C)CC1c1ncc(-c2ccc(-c3ccc(-c4ccc5nc([C@@H]6C[C@H](C)CN6C(=O)[C@@H](NC(=O)OC)C(C)C)[nH]c5c4)cc3)cc2)[nH]1)C(C)C)C(C)C. The number of methoxy groups -OCH3 is 2. The number of hydrogen-bond donors (Lipinski definition) is 5. The number of amides is 5. The van der Waals surface area contributed by atoms with Crippen LogP contribution in [0.3, 0.4) is 0 Å². The number of hydrogen-bond acceptors (Lipinski definition) is 9. The number of ether oxygens (including phenoxy) is 2. The second kappa shape index (κ2) is 20.4. The van der Waals surface area contributed by atoms with Crippen LogP contribution >= 0.6 is 0 Å². The molecule has 0 spiro atoms. The quantitative estimate of drug-likeness (QED) is 0.0731. The maximum absolute atomic E-state index is 14.2. The number of nitrogens with zero attached hydrogens (tertiary/aromatic N) is 4. The van der Waals surface area contributed by atoms with Gasteiger partial charge in [-0.25, -0.2) is 19.6 Å². The zero-order valence-corrected chi connectivity index (χ0v) is 40.2. The van der Waals surface area contributed by atoms with Crippen molar-refractivity contribution < 1.29 is 33.4 Å². The first-order valence-electron chi connectivity index (χ1n) is 23.3. The molecule has 2 saturated heterocycles. The topological polar surface area (TPSA) is 204 Å². The van der Waals surface area contributed by atoms with Gasteiger partial charge in [0, 0.05) is 13.1 Å². The molecule has 0 bridgehead atoms. The van der Waals surface area contributed by atoms with E-state index in [9.17, 15) is 24.0 Å². The van der Waals surface area contributed by atoms with Gasteiger partial charge in [-0.15, -0.1) is 0 Å². The van der Waals surface area contributed by atoms with Crippen LogP contribution in [0.25, 0.3) is 44.5 Å². The van der Waals surface area contributed by atoms with E-state index in [4.69, 9.17) is 19.4 Å². The van der Waals surface area contributed by atoms with Gasteiger partial charge in [0.1, 0.15) is 29.8 Å². The number of imidazole rings is 2. The second-order valence-electron chi connectivity index (χ2n) is 19.3. The summed E-state index contributed by atoms with van der Waals surface area (Å²) in [5.41, 5.74) is 7.69. The molecule has 2 aromatic heterocycles. The van der Waals surface area contributed by atoms with Crippen LogP contribution < -0.4 is 16.0 Å². The number of nitrogens with one attached hydrogen (secondary N) is 5. The lowest BCUT2D eigenvalue weighted by molar-refractivity contribution is -0.139. The van der Waals surface area contributed by atoms with Gasteiger partial charge in [-0.2, -0.15) is 0 Å². The largest absolute Gasteiger partial charge is 0.453 e. The number of fused-ring (bicyclic) bond motifs is 1. The highest BCUT2D eigenvalue weighted by atomic mass is 16.5. The fourth-order valence-electron chi connectivity index (χ4n) is 9.35. The molecule has 2 fully saturated rings. The lowest BCUT2D eigenvalue weighted by Gasteiger charge is -2.32. The second-order valence-corrected chi connectivity index (χ2v) is 19.3. The first kappa shape index (κ1) is 48.2. The van der Waals surface area contributed by atoms with Gasteiger partial charge in [0.25, 0.3) is 0 Å². The molecule has 0 saturated carbocycles. The normalized spacial score (nSPS) is 19.7. The van der Waals surface area contributed by atoms with Crippen molar-refractivity contribution in [1.29, 1.82) is 0 Å². The van der Waals surface area contributed by atoms with E-state index in [0.717, 1.165) is 63.2 Å². The number of carbonyl (C=O) groups excluding carboxylic acids is 5. The Labute approximate surface area is 392 Å². The molecular weight excluding hydrogens is 851 g/mol. The molecule has 67 heavy (non-hydrogen) atoms. The van der Waals surface area contributed by atoms with Crippen LogP contribution in [-0.4, -0.2) is 105 Å². The van der Waals surface area contributed by atoms with Crippen molar-refractivity contribution in [2.75, 3.05) is 27.3 Å². The van der Waals surface area contributed by atoms with E-state index in [1.807, 2.05) is 57.4 Å². The minimum absolute atomic E-state index is 0.124. The van der Waals surface area contributed by atoms with Crippen LogP contribution in [0, 0.1) is 29.6 Å². The number of aromatic nitrogens is 4. The summed E-state index contributed by atoms with van der Waals surface area (Å²) in [5, 5.41) is 8.24. The lowest BCUT2D eigenvalue weighted by Crippen LogP contribution is -2.57. The summed E-state index contributed by atoms with van der Waals surface area (Å²) in [6.45, 7) is 16.6. The van der Waals surface area contributed by atoms with E-state index in [1.54, 1.807) is 6.20 Å². The third-order valence-corrected chi connectivity index (χ3v) is 13.1. The molecule has 7 atom stereocenters. The van der Waals surface area contributed by atoms with Crippen molar-refractivity contribution in [2.45, 2.75) is 98.4 Å². The van der Waals surface area contributed by atoms with E-state index < -0.39 is 36.2 Å². The van der Waals surface area contributed by atoms with E-state index in [-0.39, 0.29) is 53.5 Å². The van der Waals surface area contributed by atoms with E-state index in [2.05, 4.69) is 100 Å². The van der Waals surface area contributed by atoms with Crippen LogP contribution in [0.4, 0.5) is 9.59 Å². The molecule has 16 nitrogen and oxygen atoms in total. The maximum Gasteiger partial charge on any atom is 0.407 e. The average Bonchev–Trinajstić information content (AvgIpc) is 4.14. The molecule has 0 aliphatic carbocycles. The van der Waals surface area contributed by atoms with Crippen molar-refractivity contribution in [1.82, 2.24) is 45.7 Å². The molecule has 3 aromatic carbocycles. The van der Waals surface area contributed by atoms with E-state index in [0.29, 0.717) is 18.9 Å². The molecule has 5 amide bonds.